The first-order valence-electron chi connectivity index (χ1n) is 14.6. The summed E-state index contributed by atoms with van der Waals surface area (Å²) in [4.78, 5) is 32.2. The molecule has 0 radical (unpaired) electrons. The highest BCUT2D eigenvalue weighted by Gasteiger charge is 2.53. The van der Waals surface area contributed by atoms with Gasteiger partial charge in [0.25, 0.3) is 5.91 Å². The summed E-state index contributed by atoms with van der Waals surface area (Å²) < 4.78 is 23.2. The van der Waals surface area contributed by atoms with Gasteiger partial charge in [-0.2, -0.15) is 0 Å². The van der Waals surface area contributed by atoms with E-state index in [1.165, 1.54) is 0 Å². The van der Waals surface area contributed by atoms with Gasteiger partial charge in [0.2, 0.25) is 5.90 Å². The van der Waals surface area contributed by atoms with Crippen LogP contribution in [0.25, 0.3) is 0 Å². The lowest BCUT2D eigenvalue weighted by Crippen LogP contribution is -2.48. The highest BCUT2D eigenvalue weighted by atomic mass is 35.5. The minimum atomic E-state index is -1.56. The maximum absolute atomic E-state index is 14.3. The second kappa shape index (κ2) is 15.0. The maximum atomic E-state index is 14.3. The van der Waals surface area contributed by atoms with Crippen LogP contribution in [-0.2, 0) is 25.6 Å². The van der Waals surface area contributed by atoms with Crippen molar-refractivity contribution in [2.45, 2.75) is 63.8 Å². The first kappa shape index (κ1) is 34.1. The van der Waals surface area contributed by atoms with E-state index in [1.807, 2.05) is 6.07 Å². The molecule has 1 aliphatic heterocycles. The number of carbonyl (C=O) groups is 2. The molecule has 4 rings (SSSR count). The Morgan fingerprint density at radius 1 is 1.04 bits per heavy atom. The molecule has 11 heteroatoms. The van der Waals surface area contributed by atoms with Crippen molar-refractivity contribution in [3.05, 3.63) is 93.5 Å². The number of halogens is 2. The molecule has 0 fully saturated rings. The first-order chi connectivity index (χ1) is 21.4. The summed E-state index contributed by atoms with van der Waals surface area (Å²) in [6.45, 7) is 5.86. The van der Waals surface area contributed by atoms with E-state index in [0.717, 1.165) is 0 Å². The molecule has 1 aliphatic rings. The Morgan fingerprint density at radius 3 is 2.47 bits per heavy atom. The van der Waals surface area contributed by atoms with Crippen LogP contribution in [0.1, 0.15) is 62.8 Å². The van der Waals surface area contributed by atoms with E-state index in [2.05, 4.69) is 5.32 Å². The molecule has 0 saturated heterocycles. The van der Waals surface area contributed by atoms with Gasteiger partial charge in [0.15, 0.2) is 11.6 Å². The standard InChI is InChI=1S/C34H38Cl2N2O7/c1-33(2,3)45-29(40)15-16-34(32(41)37-21-24-9-12-25(35)20-28(24)36)30(23-7-5-8-27(19-23)42-4)44-31(38-34)22-10-13-26(14-11-22)43-18-6-17-39/h5,7-14,19-20,30,39H,6,15-18,21H2,1-4H3,(H,37,41)/t30-,34-/m1/s1. The number of aliphatic hydroxyl groups excluding tert-OH is 1. The second-order valence-corrected chi connectivity index (χ2v) is 12.4. The highest BCUT2D eigenvalue weighted by molar-refractivity contribution is 6.35. The van der Waals surface area contributed by atoms with Crippen molar-refractivity contribution >= 4 is 41.0 Å². The summed E-state index contributed by atoms with van der Waals surface area (Å²) in [5.74, 6) is 0.498. The van der Waals surface area contributed by atoms with E-state index in [4.69, 9.17) is 52.2 Å². The highest BCUT2D eigenvalue weighted by Crippen LogP contribution is 2.44. The normalized spacial score (nSPS) is 17.7. The van der Waals surface area contributed by atoms with Gasteiger partial charge >= 0.3 is 5.97 Å². The van der Waals surface area contributed by atoms with Gasteiger partial charge in [-0.1, -0.05) is 41.4 Å². The number of esters is 1. The van der Waals surface area contributed by atoms with Crippen LogP contribution >= 0.6 is 23.2 Å². The van der Waals surface area contributed by atoms with E-state index >= 15 is 0 Å². The zero-order chi connectivity index (χ0) is 32.6. The Bertz CT molecular complexity index is 1520. The number of aliphatic hydroxyl groups is 1. The van der Waals surface area contributed by atoms with Crippen LogP contribution in [0.3, 0.4) is 0 Å². The monoisotopic (exact) mass is 656 g/mol. The van der Waals surface area contributed by atoms with E-state index in [-0.39, 0.29) is 31.9 Å². The summed E-state index contributed by atoms with van der Waals surface area (Å²) in [6.07, 6.45) is -0.497. The molecule has 0 aliphatic carbocycles. The number of methoxy groups -OCH3 is 1. The number of rotatable bonds is 13. The zero-order valence-corrected chi connectivity index (χ0v) is 27.3. The summed E-state index contributed by atoms with van der Waals surface area (Å²) in [5, 5.41) is 12.9. The van der Waals surface area contributed by atoms with Crippen LogP contribution in [0.4, 0.5) is 0 Å². The Hall–Kier alpha value is -3.79. The van der Waals surface area contributed by atoms with Crippen LogP contribution in [-0.4, -0.2) is 54.3 Å². The molecular weight excluding hydrogens is 619 g/mol. The van der Waals surface area contributed by atoms with Crippen molar-refractivity contribution < 1.29 is 33.6 Å². The zero-order valence-electron chi connectivity index (χ0n) is 25.8. The molecule has 1 heterocycles. The molecular formula is C34H38Cl2N2O7. The number of amides is 1. The summed E-state index contributed by atoms with van der Waals surface area (Å²) in [6, 6.07) is 19.3. The van der Waals surface area contributed by atoms with Gasteiger partial charge in [0.1, 0.15) is 17.1 Å². The predicted molar refractivity (Wildman–Crippen MR) is 173 cm³/mol. The van der Waals surface area contributed by atoms with Crippen molar-refractivity contribution in [2.24, 2.45) is 4.99 Å². The molecule has 2 N–H and O–H groups in total. The van der Waals surface area contributed by atoms with E-state index in [9.17, 15) is 9.59 Å². The Kier molecular flexibility index (Phi) is 11.4. The molecule has 45 heavy (non-hydrogen) atoms. The molecule has 0 saturated carbocycles. The van der Waals surface area contributed by atoms with Crippen LogP contribution < -0.4 is 14.8 Å². The number of aliphatic imine (C=N–C) groups is 1. The van der Waals surface area contributed by atoms with Crippen LogP contribution in [0.2, 0.25) is 10.0 Å². The number of carbonyl (C=O) groups excluding carboxylic acids is 2. The van der Waals surface area contributed by atoms with Gasteiger partial charge in [-0.25, -0.2) is 4.99 Å². The minimum Gasteiger partial charge on any atom is -0.497 e. The summed E-state index contributed by atoms with van der Waals surface area (Å²) in [5.41, 5.74) is -0.347. The van der Waals surface area contributed by atoms with Gasteiger partial charge in [-0.3, -0.25) is 9.59 Å². The van der Waals surface area contributed by atoms with Crippen molar-refractivity contribution in [3.63, 3.8) is 0 Å². The van der Waals surface area contributed by atoms with E-state index in [0.29, 0.717) is 51.3 Å². The number of hydrogen-bond donors (Lipinski definition) is 2. The van der Waals surface area contributed by atoms with E-state index < -0.39 is 29.1 Å². The lowest BCUT2D eigenvalue weighted by Gasteiger charge is -2.31. The largest absolute Gasteiger partial charge is 0.497 e. The Balaban J connectivity index is 1.75. The molecule has 1 amide bonds. The summed E-state index contributed by atoms with van der Waals surface area (Å²) >= 11 is 12.5. The van der Waals surface area contributed by atoms with Crippen molar-refractivity contribution in [1.82, 2.24) is 5.32 Å². The van der Waals surface area contributed by atoms with Gasteiger partial charge < -0.3 is 29.4 Å². The topological polar surface area (TPSA) is 116 Å². The van der Waals surface area contributed by atoms with Gasteiger partial charge in [-0.05, 0) is 86.8 Å². The van der Waals surface area contributed by atoms with Crippen molar-refractivity contribution in [3.8, 4) is 11.5 Å². The van der Waals surface area contributed by atoms with Crippen LogP contribution in [0.15, 0.2) is 71.7 Å². The lowest BCUT2D eigenvalue weighted by molar-refractivity contribution is -0.155. The van der Waals surface area contributed by atoms with Crippen LogP contribution in [0.5, 0.6) is 11.5 Å². The second-order valence-electron chi connectivity index (χ2n) is 11.6. The SMILES string of the molecule is COc1cccc([C@H]2OC(c3ccc(OCCCO)cc3)=N[C@@]2(CCC(=O)OC(C)(C)C)C(=O)NCc2ccc(Cl)cc2Cl)c1. The Labute approximate surface area is 273 Å². The number of nitrogens with zero attached hydrogens (tertiary/aromatic N) is 1. The Morgan fingerprint density at radius 2 is 1.80 bits per heavy atom. The first-order valence-corrected chi connectivity index (χ1v) is 15.4. The molecule has 2 atom stereocenters. The smallest absolute Gasteiger partial charge is 0.306 e. The van der Waals surface area contributed by atoms with Crippen molar-refractivity contribution in [2.75, 3.05) is 20.3 Å². The number of nitrogens with one attached hydrogen (secondary N) is 1. The number of benzene rings is 3. The molecule has 0 bridgehead atoms. The third-order valence-corrected chi connectivity index (χ3v) is 7.60. The number of ether oxygens (including phenoxy) is 4. The third kappa shape index (κ3) is 8.90. The molecule has 0 aromatic heterocycles. The quantitative estimate of drug-likeness (QED) is 0.160. The molecule has 9 nitrogen and oxygen atoms in total. The van der Waals surface area contributed by atoms with Crippen LogP contribution in [0, 0.1) is 0 Å². The maximum Gasteiger partial charge on any atom is 0.306 e. The van der Waals surface area contributed by atoms with Gasteiger partial charge in [0, 0.05) is 41.6 Å². The average molecular weight is 658 g/mol. The molecule has 0 unspecified atom stereocenters. The van der Waals surface area contributed by atoms with Crippen molar-refractivity contribution in [1.29, 1.82) is 0 Å². The molecule has 0 spiro atoms. The lowest BCUT2D eigenvalue weighted by atomic mass is 9.83. The minimum absolute atomic E-state index is 0.00414. The van der Waals surface area contributed by atoms with Gasteiger partial charge in [-0.15, -0.1) is 0 Å². The average Bonchev–Trinajstić information content (AvgIpc) is 3.40. The predicted octanol–water partition coefficient (Wildman–Crippen LogP) is 6.46. The fraction of sp³-hybridized carbons (Fsp3) is 0.382. The van der Waals surface area contributed by atoms with E-state index in [1.54, 1.807) is 88.5 Å². The fourth-order valence-electron chi connectivity index (χ4n) is 4.85. The summed E-state index contributed by atoms with van der Waals surface area (Å²) in [7, 11) is 1.55. The third-order valence-electron chi connectivity index (χ3n) is 7.01. The molecule has 3 aromatic rings. The van der Waals surface area contributed by atoms with Gasteiger partial charge in [0.05, 0.1) is 13.7 Å². The molecule has 3 aromatic carbocycles. The molecule has 240 valence electrons. The number of hydrogen-bond acceptors (Lipinski definition) is 8. The fourth-order valence-corrected chi connectivity index (χ4v) is 5.33.